The van der Waals surface area contributed by atoms with Crippen LogP contribution in [0.5, 0.6) is 0 Å². The van der Waals surface area contributed by atoms with E-state index in [1.54, 1.807) is 0 Å². The summed E-state index contributed by atoms with van der Waals surface area (Å²) in [7, 11) is 1.90. The number of piperidine rings is 1. The number of rotatable bonds is 6. The number of hydrogen-bond donors (Lipinski definition) is 1. The van der Waals surface area contributed by atoms with E-state index < -0.39 is 5.97 Å². The largest absolute Gasteiger partial charge is 0.480 e. The molecule has 0 aliphatic carbocycles. The van der Waals surface area contributed by atoms with E-state index in [4.69, 9.17) is 9.52 Å². The monoisotopic (exact) mass is 342 g/mol. The molecule has 25 heavy (non-hydrogen) atoms. The minimum atomic E-state index is -0.760. The molecule has 1 aromatic carbocycles. The van der Waals surface area contributed by atoms with Crippen molar-refractivity contribution in [3.8, 4) is 11.3 Å². The van der Waals surface area contributed by atoms with Gasteiger partial charge in [0.05, 0.1) is 13.1 Å². The van der Waals surface area contributed by atoms with Gasteiger partial charge in [0.1, 0.15) is 11.5 Å². The lowest BCUT2D eigenvalue weighted by atomic mass is 10.0. The third kappa shape index (κ3) is 4.71. The van der Waals surface area contributed by atoms with E-state index in [9.17, 15) is 4.79 Å². The number of likely N-dealkylation sites (N-methyl/N-ethyl adjacent to an activating group) is 1. The van der Waals surface area contributed by atoms with Gasteiger partial charge in [-0.15, -0.1) is 0 Å². The summed E-state index contributed by atoms with van der Waals surface area (Å²) in [5.41, 5.74) is 2.34. The number of aliphatic carboxylic acids is 1. The van der Waals surface area contributed by atoms with Crippen LogP contribution in [-0.4, -0.2) is 53.6 Å². The fourth-order valence-corrected chi connectivity index (χ4v) is 3.42. The summed E-state index contributed by atoms with van der Waals surface area (Å²) in [6, 6.07) is 12.8. The van der Waals surface area contributed by atoms with Crippen molar-refractivity contribution in [3.63, 3.8) is 0 Å². The number of hydrogen-bond acceptors (Lipinski definition) is 4. The Kier molecular flexibility index (Phi) is 5.56. The molecule has 5 heteroatoms. The Morgan fingerprint density at radius 1 is 1.20 bits per heavy atom. The van der Waals surface area contributed by atoms with Gasteiger partial charge in [-0.1, -0.05) is 29.8 Å². The molecule has 0 amide bonds. The number of benzene rings is 1. The summed E-state index contributed by atoms with van der Waals surface area (Å²) in [6.07, 6.45) is 1.99. The van der Waals surface area contributed by atoms with Crippen molar-refractivity contribution in [1.82, 2.24) is 9.80 Å². The second-order valence-corrected chi connectivity index (χ2v) is 6.95. The van der Waals surface area contributed by atoms with Crippen molar-refractivity contribution in [2.45, 2.75) is 32.4 Å². The number of carbonyl (C=O) groups is 1. The molecule has 2 aromatic rings. The van der Waals surface area contributed by atoms with Crippen molar-refractivity contribution >= 4 is 5.97 Å². The zero-order valence-corrected chi connectivity index (χ0v) is 14.9. The number of likely N-dealkylation sites (tertiary alicyclic amines) is 1. The summed E-state index contributed by atoms with van der Waals surface area (Å²) in [6.45, 7) is 4.93. The summed E-state index contributed by atoms with van der Waals surface area (Å²) >= 11 is 0. The molecule has 134 valence electrons. The van der Waals surface area contributed by atoms with Crippen molar-refractivity contribution in [3.05, 3.63) is 47.7 Å². The van der Waals surface area contributed by atoms with E-state index in [0.29, 0.717) is 6.04 Å². The highest BCUT2D eigenvalue weighted by Crippen LogP contribution is 2.24. The SMILES string of the molecule is Cc1ccc(-c2ccc(CN3CCC(N(C)CC(=O)O)CC3)o2)cc1. The number of carboxylic acids is 1. The molecule has 0 spiro atoms. The van der Waals surface area contributed by atoms with Crippen LogP contribution in [0.15, 0.2) is 40.8 Å². The Morgan fingerprint density at radius 3 is 2.52 bits per heavy atom. The molecular formula is C20H26N2O3. The molecule has 1 aromatic heterocycles. The van der Waals surface area contributed by atoms with E-state index in [1.807, 2.05) is 18.0 Å². The van der Waals surface area contributed by atoms with E-state index in [-0.39, 0.29) is 6.54 Å². The molecule has 0 bridgehead atoms. The Hall–Kier alpha value is -2.11. The Balaban J connectivity index is 1.53. The molecule has 0 saturated carbocycles. The maximum Gasteiger partial charge on any atom is 0.317 e. The van der Waals surface area contributed by atoms with Crippen molar-refractivity contribution in [2.24, 2.45) is 0 Å². The van der Waals surface area contributed by atoms with E-state index in [0.717, 1.165) is 49.6 Å². The van der Waals surface area contributed by atoms with Crippen molar-refractivity contribution < 1.29 is 14.3 Å². The van der Waals surface area contributed by atoms with Gasteiger partial charge < -0.3 is 9.52 Å². The molecule has 0 unspecified atom stereocenters. The highest BCUT2D eigenvalue weighted by Gasteiger charge is 2.24. The van der Waals surface area contributed by atoms with Gasteiger partial charge >= 0.3 is 5.97 Å². The first kappa shape index (κ1) is 17.7. The lowest BCUT2D eigenvalue weighted by Gasteiger charge is -2.35. The summed E-state index contributed by atoms with van der Waals surface area (Å²) in [4.78, 5) is 15.2. The Morgan fingerprint density at radius 2 is 1.88 bits per heavy atom. The van der Waals surface area contributed by atoms with E-state index >= 15 is 0 Å². The normalized spacial score (nSPS) is 16.4. The predicted octanol–water partition coefficient (Wildman–Crippen LogP) is 3.24. The third-order valence-corrected chi connectivity index (χ3v) is 4.94. The van der Waals surface area contributed by atoms with Crippen LogP contribution in [-0.2, 0) is 11.3 Å². The molecule has 0 atom stereocenters. The summed E-state index contributed by atoms with van der Waals surface area (Å²) in [5, 5.41) is 8.91. The number of furan rings is 1. The van der Waals surface area contributed by atoms with Crippen LogP contribution < -0.4 is 0 Å². The van der Waals surface area contributed by atoms with Gasteiger partial charge in [-0.2, -0.15) is 0 Å². The molecule has 1 aliphatic rings. The zero-order valence-electron chi connectivity index (χ0n) is 14.9. The number of aryl methyl sites for hydroxylation is 1. The molecule has 1 saturated heterocycles. The van der Waals surface area contributed by atoms with Gasteiger partial charge in [-0.05, 0) is 38.9 Å². The molecule has 0 radical (unpaired) electrons. The van der Waals surface area contributed by atoms with Crippen LogP contribution in [0.3, 0.4) is 0 Å². The van der Waals surface area contributed by atoms with E-state index in [2.05, 4.69) is 42.2 Å². The first-order chi connectivity index (χ1) is 12.0. The first-order valence-corrected chi connectivity index (χ1v) is 8.81. The predicted molar refractivity (Wildman–Crippen MR) is 97.4 cm³/mol. The lowest BCUT2D eigenvalue weighted by molar-refractivity contribution is -0.138. The van der Waals surface area contributed by atoms with Gasteiger partial charge in [0.15, 0.2) is 0 Å². The minimum Gasteiger partial charge on any atom is -0.480 e. The van der Waals surface area contributed by atoms with Crippen LogP contribution in [0.4, 0.5) is 0 Å². The van der Waals surface area contributed by atoms with Gasteiger partial charge in [-0.25, -0.2) is 0 Å². The second kappa shape index (κ2) is 7.85. The van der Waals surface area contributed by atoms with Crippen molar-refractivity contribution in [1.29, 1.82) is 0 Å². The first-order valence-electron chi connectivity index (χ1n) is 8.81. The van der Waals surface area contributed by atoms with Gasteiger partial charge in [-0.3, -0.25) is 14.6 Å². The zero-order chi connectivity index (χ0) is 17.8. The molecule has 1 aliphatic heterocycles. The Bertz CT molecular complexity index is 700. The lowest BCUT2D eigenvalue weighted by Crippen LogP contribution is -2.44. The second-order valence-electron chi connectivity index (χ2n) is 6.95. The summed E-state index contributed by atoms with van der Waals surface area (Å²) < 4.78 is 6.01. The van der Waals surface area contributed by atoms with Crippen LogP contribution in [0.25, 0.3) is 11.3 Å². The highest BCUT2D eigenvalue weighted by atomic mass is 16.4. The summed E-state index contributed by atoms with van der Waals surface area (Å²) in [5.74, 6) is 1.13. The van der Waals surface area contributed by atoms with Crippen LogP contribution in [0, 0.1) is 6.92 Å². The highest BCUT2D eigenvalue weighted by molar-refractivity contribution is 5.69. The number of carboxylic acid groups (broad SMARTS) is 1. The fourth-order valence-electron chi connectivity index (χ4n) is 3.42. The quantitative estimate of drug-likeness (QED) is 0.873. The molecule has 1 N–H and O–H groups in total. The smallest absolute Gasteiger partial charge is 0.317 e. The van der Waals surface area contributed by atoms with Crippen molar-refractivity contribution in [2.75, 3.05) is 26.7 Å². The average Bonchev–Trinajstić information content (AvgIpc) is 3.04. The number of nitrogens with zero attached hydrogens (tertiary/aromatic N) is 2. The van der Waals surface area contributed by atoms with Crippen LogP contribution in [0.2, 0.25) is 0 Å². The van der Waals surface area contributed by atoms with Crippen LogP contribution >= 0.6 is 0 Å². The topological polar surface area (TPSA) is 56.9 Å². The molecule has 5 nitrogen and oxygen atoms in total. The van der Waals surface area contributed by atoms with Gasteiger partial charge in [0, 0.05) is 24.7 Å². The fraction of sp³-hybridized carbons (Fsp3) is 0.450. The van der Waals surface area contributed by atoms with Crippen LogP contribution in [0.1, 0.15) is 24.2 Å². The maximum atomic E-state index is 10.8. The minimum absolute atomic E-state index is 0.114. The van der Waals surface area contributed by atoms with Gasteiger partial charge in [0.25, 0.3) is 0 Å². The van der Waals surface area contributed by atoms with Gasteiger partial charge in [0.2, 0.25) is 0 Å². The maximum absolute atomic E-state index is 10.8. The average molecular weight is 342 g/mol. The molecule has 2 heterocycles. The standard InChI is InChI=1S/C20H26N2O3/c1-15-3-5-16(6-4-15)19-8-7-18(25-19)13-22-11-9-17(10-12-22)21(2)14-20(23)24/h3-8,17H,9-14H2,1-2H3,(H,23,24). The Labute approximate surface area is 148 Å². The molecule has 1 fully saturated rings. The third-order valence-electron chi connectivity index (χ3n) is 4.94. The molecule has 3 rings (SSSR count). The molecular weight excluding hydrogens is 316 g/mol. The van der Waals surface area contributed by atoms with E-state index in [1.165, 1.54) is 5.56 Å².